The molecule has 3 aromatic heterocycles. The monoisotopic (exact) mass is 737 g/mol. The first-order valence-electron chi connectivity index (χ1n) is 19.9. The second kappa shape index (κ2) is 12.7. The molecule has 58 heavy (non-hydrogen) atoms. The van der Waals surface area contributed by atoms with E-state index in [9.17, 15) is 0 Å². The Morgan fingerprint density at radius 3 is 1.84 bits per heavy atom. The quantitative estimate of drug-likeness (QED) is 0.165. The van der Waals surface area contributed by atoms with E-state index in [-0.39, 0.29) is 0 Å². The molecule has 0 unspecified atom stereocenters. The molecule has 3 heterocycles. The highest BCUT2D eigenvalue weighted by molar-refractivity contribution is 6.27. The molecule has 12 rings (SSSR count). The number of para-hydroxylation sites is 3. The first-order chi connectivity index (χ1) is 28.8. The van der Waals surface area contributed by atoms with E-state index in [1.54, 1.807) is 0 Å². The van der Waals surface area contributed by atoms with Crippen LogP contribution in [0.5, 0.6) is 0 Å². The summed E-state index contributed by atoms with van der Waals surface area (Å²) < 4.78 is 2.43. The molecule has 270 valence electrons. The van der Waals surface area contributed by atoms with E-state index >= 15 is 0 Å². The van der Waals surface area contributed by atoms with Crippen LogP contribution in [0, 0.1) is 0 Å². The van der Waals surface area contributed by atoms with Crippen LogP contribution in [0.4, 0.5) is 0 Å². The summed E-state index contributed by atoms with van der Waals surface area (Å²) in [5.41, 5.74) is 15.0. The normalized spacial score (nSPS) is 13.0. The Kier molecular flexibility index (Phi) is 7.14. The highest BCUT2D eigenvalue weighted by Crippen LogP contribution is 2.55. The average molecular weight is 738 g/mol. The molecule has 3 nitrogen and oxygen atoms in total. The molecule has 0 amide bonds. The fourth-order valence-electron chi connectivity index (χ4n) is 9.80. The maximum absolute atomic E-state index is 5.68. The second-order valence-corrected chi connectivity index (χ2v) is 15.3. The molecule has 0 spiro atoms. The fourth-order valence-corrected chi connectivity index (χ4v) is 9.80. The van der Waals surface area contributed by atoms with Crippen molar-refractivity contribution in [3.05, 3.63) is 235 Å². The zero-order chi connectivity index (χ0) is 38.2. The summed E-state index contributed by atoms with van der Waals surface area (Å²) >= 11 is 0. The van der Waals surface area contributed by atoms with Gasteiger partial charge in [-0.25, -0.2) is 4.98 Å². The van der Waals surface area contributed by atoms with Crippen molar-refractivity contribution in [3.8, 4) is 39.3 Å². The van der Waals surface area contributed by atoms with Gasteiger partial charge in [0.2, 0.25) is 0 Å². The third-order valence-corrected chi connectivity index (χ3v) is 12.2. The molecule has 0 atom stereocenters. The average Bonchev–Trinajstić information content (AvgIpc) is 3.80. The first kappa shape index (κ1) is 32.6. The van der Waals surface area contributed by atoms with Crippen LogP contribution in [0.1, 0.15) is 22.4 Å². The summed E-state index contributed by atoms with van der Waals surface area (Å²) in [6, 6.07) is 76.4. The number of fused-ring (bicyclic) bond motifs is 10. The van der Waals surface area contributed by atoms with Crippen LogP contribution >= 0.6 is 0 Å². The molecule has 3 heteroatoms. The van der Waals surface area contributed by atoms with Gasteiger partial charge >= 0.3 is 0 Å². The van der Waals surface area contributed by atoms with Gasteiger partial charge in [-0.15, -0.1) is 0 Å². The maximum Gasteiger partial charge on any atom is 0.0886 e. The van der Waals surface area contributed by atoms with Gasteiger partial charge in [-0.3, -0.25) is 4.98 Å². The largest absolute Gasteiger partial charge is 0.309 e. The fraction of sp³-hybridized carbons (Fsp3) is 0.0182. The molecule has 0 saturated heterocycles. The van der Waals surface area contributed by atoms with Gasteiger partial charge < -0.3 is 4.57 Å². The Balaban J connectivity index is 1.10. The van der Waals surface area contributed by atoms with Crippen LogP contribution in [-0.4, -0.2) is 14.5 Å². The smallest absolute Gasteiger partial charge is 0.0886 e. The second-order valence-electron chi connectivity index (χ2n) is 15.3. The molecule has 1 aliphatic carbocycles. The van der Waals surface area contributed by atoms with Gasteiger partial charge in [-0.05, 0) is 58.7 Å². The van der Waals surface area contributed by atoms with Crippen LogP contribution in [0.15, 0.2) is 212 Å². The van der Waals surface area contributed by atoms with Crippen molar-refractivity contribution in [2.24, 2.45) is 0 Å². The highest BCUT2D eigenvalue weighted by Gasteiger charge is 2.47. The molecule has 0 saturated carbocycles. The van der Waals surface area contributed by atoms with E-state index in [1.165, 1.54) is 55.0 Å². The Hall–Kier alpha value is -7.62. The van der Waals surface area contributed by atoms with E-state index in [0.29, 0.717) is 0 Å². The Morgan fingerprint density at radius 1 is 0.414 bits per heavy atom. The summed E-state index contributed by atoms with van der Waals surface area (Å²) in [4.78, 5) is 11.1. The van der Waals surface area contributed by atoms with Gasteiger partial charge in [0.05, 0.1) is 39.0 Å². The van der Waals surface area contributed by atoms with Crippen molar-refractivity contribution < 1.29 is 0 Å². The topological polar surface area (TPSA) is 30.7 Å². The SMILES string of the molecule is c1ccc(-n2c3ccccc3c3ccc4c(-c5cccc(-c6ccc7c(n6)C(c6ccccc6)(c6ccccc6)c6ccccc6-7)c5)nc5ccccc5c4c32)cc1. The van der Waals surface area contributed by atoms with E-state index < -0.39 is 5.41 Å². The zero-order valence-electron chi connectivity index (χ0n) is 31.5. The Morgan fingerprint density at radius 2 is 1.05 bits per heavy atom. The molecule has 0 radical (unpaired) electrons. The third-order valence-electron chi connectivity index (χ3n) is 12.2. The lowest BCUT2D eigenvalue weighted by molar-refractivity contribution is 0.739. The molecular weight excluding hydrogens is 703 g/mol. The third kappa shape index (κ3) is 4.62. The van der Waals surface area contributed by atoms with Gasteiger partial charge in [-0.1, -0.05) is 176 Å². The minimum atomic E-state index is -0.569. The van der Waals surface area contributed by atoms with E-state index in [1.807, 2.05) is 0 Å². The lowest BCUT2D eigenvalue weighted by Crippen LogP contribution is -2.29. The predicted octanol–water partition coefficient (Wildman–Crippen LogP) is 13.6. The molecule has 0 bridgehead atoms. The van der Waals surface area contributed by atoms with Crippen LogP contribution in [0.2, 0.25) is 0 Å². The van der Waals surface area contributed by atoms with Gasteiger partial charge in [0.15, 0.2) is 0 Å². The van der Waals surface area contributed by atoms with Crippen molar-refractivity contribution >= 4 is 43.5 Å². The van der Waals surface area contributed by atoms with E-state index in [2.05, 4.69) is 217 Å². The molecular formula is C55H35N3. The lowest BCUT2D eigenvalue weighted by atomic mass is 9.69. The van der Waals surface area contributed by atoms with Gasteiger partial charge in [0.1, 0.15) is 0 Å². The number of benzene rings is 8. The number of pyridine rings is 2. The summed E-state index contributed by atoms with van der Waals surface area (Å²) in [7, 11) is 0. The van der Waals surface area contributed by atoms with Gasteiger partial charge in [0.25, 0.3) is 0 Å². The molecule has 0 aliphatic heterocycles. The van der Waals surface area contributed by atoms with Crippen LogP contribution in [0.3, 0.4) is 0 Å². The van der Waals surface area contributed by atoms with Crippen molar-refractivity contribution in [3.63, 3.8) is 0 Å². The van der Waals surface area contributed by atoms with Crippen LogP contribution in [-0.2, 0) is 5.41 Å². The van der Waals surface area contributed by atoms with Crippen LogP contribution in [0.25, 0.3) is 82.8 Å². The summed E-state index contributed by atoms with van der Waals surface area (Å²) in [5, 5.41) is 5.92. The molecule has 0 fully saturated rings. The van der Waals surface area contributed by atoms with Crippen LogP contribution < -0.4 is 0 Å². The molecule has 11 aromatic rings. The highest BCUT2D eigenvalue weighted by atomic mass is 15.0. The molecule has 0 N–H and O–H groups in total. The minimum absolute atomic E-state index is 0.569. The number of rotatable bonds is 5. The summed E-state index contributed by atoms with van der Waals surface area (Å²) in [6.07, 6.45) is 0. The zero-order valence-corrected chi connectivity index (χ0v) is 31.5. The summed E-state index contributed by atoms with van der Waals surface area (Å²) in [5.74, 6) is 0. The van der Waals surface area contributed by atoms with Gasteiger partial charge in [0, 0.05) is 49.3 Å². The summed E-state index contributed by atoms with van der Waals surface area (Å²) in [6.45, 7) is 0. The van der Waals surface area contributed by atoms with Crippen molar-refractivity contribution in [1.82, 2.24) is 14.5 Å². The van der Waals surface area contributed by atoms with E-state index in [4.69, 9.17) is 9.97 Å². The molecule has 8 aromatic carbocycles. The first-order valence-corrected chi connectivity index (χ1v) is 19.9. The maximum atomic E-state index is 5.68. The number of hydrogen-bond donors (Lipinski definition) is 0. The minimum Gasteiger partial charge on any atom is -0.309 e. The number of nitrogens with zero attached hydrogens (tertiary/aromatic N) is 3. The van der Waals surface area contributed by atoms with Crippen molar-refractivity contribution in [1.29, 1.82) is 0 Å². The van der Waals surface area contributed by atoms with E-state index in [0.717, 1.165) is 50.2 Å². The van der Waals surface area contributed by atoms with Gasteiger partial charge in [-0.2, -0.15) is 0 Å². The Labute approximate surface area is 336 Å². The van der Waals surface area contributed by atoms with Crippen molar-refractivity contribution in [2.75, 3.05) is 0 Å². The standard InChI is InChI=1S/C55H35N3/c1-4-19-38(20-5-1)55(39-21-6-2-7-22-39)47-28-13-10-25-41(47)44-33-34-48(57-54(44)55)36-17-16-18-37(35-36)52-46-32-31-43-42-26-12-15-30-50(42)58(40-23-8-3-9-24-40)53(43)51(46)45-27-11-14-29-49(45)56-52/h1-35H. The van der Waals surface area contributed by atoms with Crippen molar-refractivity contribution in [2.45, 2.75) is 5.41 Å². The predicted molar refractivity (Wildman–Crippen MR) is 240 cm³/mol. The number of aromatic nitrogens is 3. The number of hydrogen-bond acceptors (Lipinski definition) is 2. The Bertz CT molecular complexity index is 3340. The lowest BCUT2D eigenvalue weighted by Gasteiger charge is -2.33. The molecule has 1 aliphatic rings.